The van der Waals surface area contributed by atoms with Gasteiger partial charge in [0.2, 0.25) is 11.6 Å². The molecule has 1 aliphatic heterocycles. The van der Waals surface area contributed by atoms with E-state index in [2.05, 4.69) is 45.2 Å². The molecular weight excluding hydrogens is 352 g/mol. The molecule has 0 bridgehead atoms. The van der Waals surface area contributed by atoms with Crippen molar-refractivity contribution in [2.45, 2.75) is 31.7 Å². The van der Waals surface area contributed by atoms with Crippen LogP contribution in [0.3, 0.4) is 0 Å². The number of anilines is 2. The Bertz CT molecular complexity index is 1050. The van der Waals surface area contributed by atoms with E-state index in [1.807, 2.05) is 37.3 Å². The molecule has 0 radical (unpaired) electrons. The van der Waals surface area contributed by atoms with Gasteiger partial charge in [-0.25, -0.2) is 4.63 Å². The van der Waals surface area contributed by atoms with Gasteiger partial charge in [-0.3, -0.25) is 4.79 Å². The first-order valence-electron chi connectivity index (χ1n) is 9.43. The molecule has 140 valence electrons. The molecule has 2 atom stereocenters. The number of ketones is 1. The number of hydrogen-bond acceptors (Lipinski definition) is 6. The van der Waals surface area contributed by atoms with Crippen LogP contribution in [0.4, 0.5) is 11.6 Å². The van der Waals surface area contributed by atoms with E-state index >= 15 is 0 Å². The Morgan fingerprint density at radius 2 is 1.68 bits per heavy atom. The van der Waals surface area contributed by atoms with Gasteiger partial charge in [-0.05, 0) is 40.7 Å². The average Bonchev–Trinajstić information content (AvgIpc) is 3.08. The molecule has 0 fully saturated rings. The van der Waals surface area contributed by atoms with E-state index in [9.17, 15) is 4.79 Å². The highest BCUT2D eigenvalue weighted by Crippen LogP contribution is 2.43. The molecule has 2 heterocycles. The fourth-order valence-electron chi connectivity index (χ4n) is 4.07. The van der Waals surface area contributed by atoms with Crippen LogP contribution in [0, 0.1) is 6.92 Å². The zero-order chi connectivity index (χ0) is 19.1. The molecule has 3 aromatic rings. The number of aryl methyl sites for hydroxylation is 1. The van der Waals surface area contributed by atoms with E-state index in [0.717, 1.165) is 23.3 Å². The van der Waals surface area contributed by atoms with Gasteiger partial charge in [0.25, 0.3) is 0 Å². The Hall–Kier alpha value is -3.41. The predicted octanol–water partition coefficient (Wildman–Crippen LogP) is 4.36. The lowest BCUT2D eigenvalue weighted by Gasteiger charge is -2.29. The SMILES string of the molecule is Cc1ccc(C2Nc3nonc3NC3=C2C(=O)CC(c2ccccc2)C3)cc1. The second-order valence-electron chi connectivity index (χ2n) is 7.41. The molecule has 2 aliphatic rings. The van der Waals surface area contributed by atoms with Crippen molar-refractivity contribution < 1.29 is 9.42 Å². The summed E-state index contributed by atoms with van der Waals surface area (Å²) in [6, 6.07) is 18.1. The molecule has 6 heteroatoms. The number of nitrogens with one attached hydrogen (secondary N) is 2. The molecule has 0 saturated heterocycles. The van der Waals surface area contributed by atoms with Gasteiger partial charge in [0.1, 0.15) is 0 Å². The standard InChI is InChI=1S/C22H20N4O2/c1-13-7-9-15(10-8-13)20-19-17(23-21-22(24-20)26-28-25-21)11-16(12-18(19)27)14-5-3-2-4-6-14/h2-10,16,20H,11-12H2,1H3,(H,23,25)(H,24,26). The minimum absolute atomic E-state index is 0.139. The third-order valence-electron chi connectivity index (χ3n) is 5.52. The van der Waals surface area contributed by atoms with Crippen LogP contribution in [-0.4, -0.2) is 16.1 Å². The van der Waals surface area contributed by atoms with E-state index in [1.54, 1.807) is 0 Å². The second kappa shape index (κ2) is 6.64. The van der Waals surface area contributed by atoms with Crippen molar-refractivity contribution in [1.82, 2.24) is 10.3 Å². The van der Waals surface area contributed by atoms with Gasteiger partial charge in [-0.2, -0.15) is 0 Å². The van der Waals surface area contributed by atoms with Gasteiger partial charge >= 0.3 is 0 Å². The van der Waals surface area contributed by atoms with E-state index in [0.29, 0.717) is 18.1 Å². The minimum Gasteiger partial charge on any atom is -0.353 e. The van der Waals surface area contributed by atoms with Crippen molar-refractivity contribution in [3.05, 3.63) is 82.6 Å². The topological polar surface area (TPSA) is 80.1 Å². The van der Waals surface area contributed by atoms with Gasteiger partial charge in [0.15, 0.2) is 5.78 Å². The van der Waals surface area contributed by atoms with Crippen molar-refractivity contribution in [2.75, 3.05) is 10.6 Å². The summed E-state index contributed by atoms with van der Waals surface area (Å²) < 4.78 is 4.91. The molecule has 2 N–H and O–H groups in total. The lowest BCUT2D eigenvalue weighted by Crippen LogP contribution is -2.27. The van der Waals surface area contributed by atoms with Gasteiger partial charge in [-0.15, -0.1) is 0 Å². The maximum absolute atomic E-state index is 13.3. The van der Waals surface area contributed by atoms with Crippen LogP contribution < -0.4 is 10.6 Å². The number of Topliss-reactive ketones (excluding diaryl/α,β-unsaturated/α-hetero) is 1. The van der Waals surface area contributed by atoms with Crippen LogP contribution in [0.15, 0.2) is 70.5 Å². The minimum atomic E-state index is -0.291. The zero-order valence-electron chi connectivity index (χ0n) is 15.5. The summed E-state index contributed by atoms with van der Waals surface area (Å²) in [6.07, 6.45) is 1.23. The number of benzene rings is 2. The van der Waals surface area contributed by atoms with E-state index in [4.69, 9.17) is 4.63 Å². The number of hydrogen-bond donors (Lipinski definition) is 2. The Kier molecular flexibility index (Phi) is 3.97. The maximum atomic E-state index is 13.3. The Morgan fingerprint density at radius 3 is 2.46 bits per heavy atom. The monoisotopic (exact) mass is 372 g/mol. The van der Waals surface area contributed by atoms with E-state index in [1.165, 1.54) is 11.1 Å². The third kappa shape index (κ3) is 2.87. The van der Waals surface area contributed by atoms with Crippen LogP contribution in [-0.2, 0) is 4.79 Å². The third-order valence-corrected chi connectivity index (χ3v) is 5.52. The molecule has 1 aromatic heterocycles. The summed E-state index contributed by atoms with van der Waals surface area (Å²) >= 11 is 0. The highest BCUT2D eigenvalue weighted by Gasteiger charge is 2.37. The van der Waals surface area contributed by atoms with Gasteiger partial charge in [-0.1, -0.05) is 60.2 Å². The number of carbonyl (C=O) groups excluding carboxylic acids is 1. The van der Waals surface area contributed by atoms with Crippen molar-refractivity contribution in [1.29, 1.82) is 0 Å². The highest BCUT2D eigenvalue weighted by molar-refractivity contribution is 6.00. The number of nitrogens with zero attached hydrogens (tertiary/aromatic N) is 2. The van der Waals surface area contributed by atoms with E-state index in [-0.39, 0.29) is 17.7 Å². The first kappa shape index (κ1) is 16.7. The van der Waals surface area contributed by atoms with Crippen molar-refractivity contribution >= 4 is 17.4 Å². The van der Waals surface area contributed by atoms with Crippen molar-refractivity contribution in [3.63, 3.8) is 0 Å². The molecule has 5 rings (SSSR count). The number of carbonyl (C=O) groups is 1. The zero-order valence-corrected chi connectivity index (χ0v) is 15.5. The van der Waals surface area contributed by atoms with Crippen LogP contribution in [0.5, 0.6) is 0 Å². The Balaban J connectivity index is 1.60. The fraction of sp³-hybridized carbons (Fsp3) is 0.227. The van der Waals surface area contributed by atoms with Gasteiger partial charge in [0, 0.05) is 17.7 Å². The number of rotatable bonds is 2. The molecule has 0 saturated carbocycles. The highest BCUT2D eigenvalue weighted by atomic mass is 16.6. The van der Waals surface area contributed by atoms with Crippen LogP contribution in [0.1, 0.15) is 41.5 Å². The molecule has 0 spiro atoms. The van der Waals surface area contributed by atoms with Crippen LogP contribution >= 0.6 is 0 Å². The van der Waals surface area contributed by atoms with Crippen LogP contribution in [0.25, 0.3) is 0 Å². The predicted molar refractivity (Wildman–Crippen MR) is 106 cm³/mol. The van der Waals surface area contributed by atoms with Crippen molar-refractivity contribution in [2.24, 2.45) is 0 Å². The summed E-state index contributed by atoms with van der Waals surface area (Å²) in [5.41, 5.74) is 5.01. The fourth-order valence-corrected chi connectivity index (χ4v) is 4.07. The largest absolute Gasteiger partial charge is 0.353 e. The normalized spacial score (nSPS) is 21.2. The first-order chi connectivity index (χ1) is 13.7. The summed E-state index contributed by atoms with van der Waals surface area (Å²) in [6.45, 7) is 2.05. The Labute approximate surface area is 162 Å². The number of allylic oxidation sites excluding steroid dienone is 1. The summed E-state index contributed by atoms with van der Waals surface area (Å²) in [4.78, 5) is 13.3. The maximum Gasteiger partial charge on any atom is 0.219 e. The molecule has 28 heavy (non-hydrogen) atoms. The lowest BCUT2D eigenvalue weighted by molar-refractivity contribution is -0.116. The molecule has 2 aromatic carbocycles. The molecule has 6 nitrogen and oxygen atoms in total. The smallest absolute Gasteiger partial charge is 0.219 e. The van der Waals surface area contributed by atoms with Gasteiger partial charge < -0.3 is 10.6 Å². The molecule has 0 amide bonds. The summed E-state index contributed by atoms with van der Waals surface area (Å²) in [5, 5.41) is 14.6. The quantitative estimate of drug-likeness (QED) is 0.696. The first-order valence-corrected chi connectivity index (χ1v) is 9.43. The van der Waals surface area contributed by atoms with E-state index < -0.39 is 0 Å². The average molecular weight is 372 g/mol. The number of aromatic nitrogens is 2. The lowest BCUT2D eigenvalue weighted by atomic mass is 9.78. The van der Waals surface area contributed by atoms with Crippen molar-refractivity contribution in [3.8, 4) is 0 Å². The second-order valence-corrected chi connectivity index (χ2v) is 7.41. The molecule has 2 unspecified atom stereocenters. The van der Waals surface area contributed by atoms with Gasteiger partial charge in [0.05, 0.1) is 6.04 Å². The Morgan fingerprint density at radius 1 is 0.929 bits per heavy atom. The summed E-state index contributed by atoms with van der Waals surface area (Å²) in [5.74, 6) is 1.32. The van der Waals surface area contributed by atoms with Crippen LogP contribution in [0.2, 0.25) is 0 Å². The number of fused-ring (bicyclic) bond motifs is 1. The molecule has 1 aliphatic carbocycles. The summed E-state index contributed by atoms with van der Waals surface area (Å²) in [7, 11) is 0. The molecular formula is C22H20N4O2.